The van der Waals surface area contributed by atoms with Gasteiger partial charge in [-0.25, -0.2) is 0 Å². The van der Waals surface area contributed by atoms with Crippen molar-refractivity contribution in [2.45, 2.75) is 24.8 Å². The van der Waals surface area contributed by atoms with Gasteiger partial charge in [-0.3, -0.25) is 9.59 Å². The smallest absolute Gasteiger partial charge is 0.305 e. The van der Waals surface area contributed by atoms with E-state index in [1.165, 1.54) is 0 Å². The molecular weight excluding hydrogens is 354 g/mol. The quantitative estimate of drug-likeness (QED) is 0.836. The third-order valence-electron chi connectivity index (χ3n) is 4.64. The molecule has 0 atom stereocenters. The predicted octanol–water partition coefficient (Wildman–Crippen LogP) is 3.76. The van der Waals surface area contributed by atoms with Crippen molar-refractivity contribution in [3.8, 4) is 11.1 Å². The zero-order valence-corrected chi connectivity index (χ0v) is 15.0. The minimum Gasteiger partial charge on any atom is -0.481 e. The number of rotatable bonds is 5. The van der Waals surface area contributed by atoms with E-state index in [1.54, 1.807) is 12.1 Å². The maximum Gasteiger partial charge on any atom is 0.305 e. The van der Waals surface area contributed by atoms with Gasteiger partial charge in [-0.2, -0.15) is 0 Å². The van der Waals surface area contributed by atoms with Crippen molar-refractivity contribution >= 4 is 23.5 Å². The Morgan fingerprint density at radius 2 is 1.77 bits per heavy atom. The van der Waals surface area contributed by atoms with Crippen LogP contribution in [-0.2, 0) is 9.53 Å². The molecule has 0 saturated carbocycles. The van der Waals surface area contributed by atoms with Crippen LogP contribution in [0, 0.1) is 0 Å². The lowest BCUT2D eigenvalue weighted by molar-refractivity contribution is -0.139. The number of halogens is 1. The molecule has 2 N–H and O–H groups in total. The average molecular weight is 374 g/mol. The highest BCUT2D eigenvalue weighted by Gasteiger charge is 2.37. The summed E-state index contributed by atoms with van der Waals surface area (Å²) in [6.07, 6.45) is 0.778. The molecule has 1 heterocycles. The number of ether oxygens (including phenoxy) is 1. The first-order valence-corrected chi connectivity index (χ1v) is 8.84. The van der Waals surface area contributed by atoms with E-state index in [1.807, 2.05) is 36.4 Å². The van der Waals surface area contributed by atoms with Gasteiger partial charge in [0.25, 0.3) is 5.91 Å². The van der Waals surface area contributed by atoms with Crippen molar-refractivity contribution in [2.24, 2.45) is 0 Å². The highest BCUT2D eigenvalue weighted by atomic mass is 35.5. The lowest BCUT2D eigenvalue weighted by atomic mass is 9.86. The average Bonchev–Trinajstić information content (AvgIpc) is 2.62. The Bertz CT molecular complexity index is 801. The molecule has 0 unspecified atom stereocenters. The van der Waals surface area contributed by atoms with Crippen LogP contribution < -0.4 is 5.32 Å². The van der Waals surface area contributed by atoms with Gasteiger partial charge in [0.1, 0.15) is 0 Å². The third kappa shape index (κ3) is 4.23. The zero-order valence-electron chi connectivity index (χ0n) is 14.2. The van der Waals surface area contributed by atoms with E-state index in [9.17, 15) is 14.7 Å². The minimum atomic E-state index is -0.948. The first kappa shape index (κ1) is 18.4. The van der Waals surface area contributed by atoms with Gasteiger partial charge in [0.2, 0.25) is 0 Å². The third-order valence-corrected chi connectivity index (χ3v) is 4.97. The molecule has 0 spiro atoms. The molecule has 1 aliphatic heterocycles. The second kappa shape index (κ2) is 7.89. The Morgan fingerprint density at radius 1 is 1.08 bits per heavy atom. The number of benzene rings is 2. The number of nitrogens with one attached hydrogen (secondary N) is 1. The number of aliphatic carboxylic acids is 1. The Kier molecular flexibility index (Phi) is 5.59. The molecule has 5 nitrogen and oxygen atoms in total. The molecule has 0 bridgehead atoms. The molecular formula is C20H20ClNO4. The molecule has 1 saturated heterocycles. The maximum atomic E-state index is 12.9. The number of amides is 1. The van der Waals surface area contributed by atoms with Gasteiger partial charge in [-0.1, -0.05) is 48.0 Å². The van der Waals surface area contributed by atoms with Gasteiger partial charge in [0, 0.05) is 13.2 Å². The van der Waals surface area contributed by atoms with Crippen LogP contribution in [0.2, 0.25) is 5.02 Å². The number of carbonyl (C=O) groups is 2. The fourth-order valence-corrected chi connectivity index (χ4v) is 3.42. The Balaban J connectivity index is 1.87. The second-order valence-electron chi connectivity index (χ2n) is 6.48. The molecule has 1 amide bonds. The molecule has 3 rings (SSSR count). The van der Waals surface area contributed by atoms with Crippen LogP contribution in [0.5, 0.6) is 0 Å². The van der Waals surface area contributed by atoms with Crippen molar-refractivity contribution in [3.05, 3.63) is 59.1 Å². The Morgan fingerprint density at radius 3 is 2.42 bits per heavy atom. The Hall–Kier alpha value is -2.37. The van der Waals surface area contributed by atoms with E-state index in [4.69, 9.17) is 16.3 Å². The van der Waals surface area contributed by atoms with Crippen LogP contribution >= 0.6 is 11.6 Å². The molecule has 0 aromatic heterocycles. The normalized spacial score (nSPS) is 16.0. The fourth-order valence-electron chi connectivity index (χ4n) is 3.22. The summed E-state index contributed by atoms with van der Waals surface area (Å²) in [6.45, 7) is 0.844. The largest absolute Gasteiger partial charge is 0.481 e. The van der Waals surface area contributed by atoms with E-state index < -0.39 is 11.5 Å². The summed E-state index contributed by atoms with van der Waals surface area (Å²) in [5.74, 6) is -1.31. The van der Waals surface area contributed by atoms with Gasteiger partial charge < -0.3 is 15.2 Å². The van der Waals surface area contributed by atoms with Gasteiger partial charge in [0.05, 0.1) is 22.5 Å². The molecule has 0 radical (unpaired) electrons. The highest BCUT2D eigenvalue weighted by molar-refractivity contribution is 6.34. The number of carboxylic acid groups (broad SMARTS) is 1. The molecule has 2 aromatic carbocycles. The van der Waals surface area contributed by atoms with Crippen molar-refractivity contribution < 1.29 is 19.4 Å². The van der Waals surface area contributed by atoms with Crippen LogP contribution in [0.3, 0.4) is 0 Å². The standard InChI is InChI=1S/C20H20ClNO4/c21-17-7-6-15(14-4-2-1-3-5-14)12-16(17)19(25)22-20(13-18(23)24)8-10-26-11-9-20/h1-7,12H,8-11,13H2,(H,22,25)(H,23,24). The number of hydrogen-bond donors (Lipinski definition) is 2. The monoisotopic (exact) mass is 373 g/mol. The van der Waals surface area contributed by atoms with Crippen LogP contribution in [0.1, 0.15) is 29.6 Å². The number of carbonyl (C=O) groups excluding carboxylic acids is 1. The SMILES string of the molecule is O=C(O)CC1(NC(=O)c2cc(-c3ccccc3)ccc2Cl)CCOCC1. The van der Waals surface area contributed by atoms with E-state index in [2.05, 4.69) is 5.32 Å². The van der Waals surface area contributed by atoms with E-state index in [0.29, 0.717) is 36.6 Å². The second-order valence-corrected chi connectivity index (χ2v) is 6.89. The molecule has 2 aromatic rings. The fraction of sp³-hybridized carbons (Fsp3) is 0.300. The summed E-state index contributed by atoms with van der Waals surface area (Å²) in [6, 6.07) is 15.0. The summed E-state index contributed by atoms with van der Waals surface area (Å²) in [5.41, 5.74) is 1.38. The van der Waals surface area contributed by atoms with Crippen LogP contribution in [0.4, 0.5) is 0 Å². The summed E-state index contributed by atoms with van der Waals surface area (Å²) < 4.78 is 5.32. The lowest BCUT2D eigenvalue weighted by Crippen LogP contribution is -2.53. The molecule has 136 valence electrons. The van der Waals surface area contributed by atoms with Crippen molar-refractivity contribution in [2.75, 3.05) is 13.2 Å². The maximum absolute atomic E-state index is 12.9. The van der Waals surface area contributed by atoms with Gasteiger partial charge in [-0.15, -0.1) is 0 Å². The Labute approximate surface area is 156 Å². The molecule has 1 aliphatic rings. The number of hydrogen-bond acceptors (Lipinski definition) is 3. The van der Waals surface area contributed by atoms with E-state index >= 15 is 0 Å². The van der Waals surface area contributed by atoms with E-state index in [-0.39, 0.29) is 12.3 Å². The summed E-state index contributed by atoms with van der Waals surface area (Å²) >= 11 is 6.25. The molecule has 26 heavy (non-hydrogen) atoms. The summed E-state index contributed by atoms with van der Waals surface area (Å²) in [7, 11) is 0. The topological polar surface area (TPSA) is 75.6 Å². The summed E-state index contributed by atoms with van der Waals surface area (Å²) in [5, 5.41) is 12.5. The van der Waals surface area contributed by atoms with Gasteiger partial charge in [0.15, 0.2) is 0 Å². The van der Waals surface area contributed by atoms with Crippen molar-refractivity contribution in [3.63, 3.8) is 0 Å². The predicted molar refractivity (Wildman–Crippen MR) is 99.4 cm³/mol. The van der Waals surface area contributed by atoms with Crippen LogP contribution in [0.25, 0.3) is 11.1 Å². The summed E-state index contributed by atoms with van der Waals surface area (Å²) in [4.78, 5) is 24.2. The molecule has 6 heteroatoms. The highest BCUT2D eigenvalue weighted by Crippen LogP contribution is 2.28. The van der Waals surface area contributed by atoms with Gasteiger partial charge in [-0.05, 0) is 36.1 Å². The molecule has 0 aliphatic carbocycles. The van der Waals surface area contributed by atoms with Crippen LogP contribution in [0.15, 0.2) is 48.5 Å². The van der Waals surface area contributed by atoms with Crippen molar-refractivity contribution in [1.29, 1.82) is 0 Å². The van der Waals surface area contributed by atoms with Crippen LogP contribution in [-0.4, -0.2) is 35.7 Å². The number of carboxylic acids is 1. The van der Waals surface area contributed by atoms with E-state index in [0.717, 1.165) is 11.1 Å². The van der Waals surface area contributed by atoms with Crippen molar-refractivity contribution in [1.82, 2.24) is 5.32 Å². The minimum absolute atomic E-state index is 0.141. The first-order chi connectivity index (χ1) is 12.5. The van der Waals surface area contributed by atoms with Gasteiger partial charge >= 0.3 is 5.97 Å². The first-order valence-electron chi connectivity index (χ1n) is 8.46. The molecule has 1 fully saturated rings. The lowest BCUT2D eigenvalue weighted by Gasteiger charge is -2.37. The zero-order chi connectivity index (χ0) is 18.6.